The first kappa shape index (κ1) is 11.3. The lowest BCUT2D eigenvalue weighted by atomic mass is 10.2. The second-order valence-electron chi connectivity index (χ2n) is 3.53. The molecule has 2 aromatic rings. The van der Waals surface area contributed by atoms with E-state index in [4.69, 9.17) is 4.74 Å². The first-order chi connectivity index (χ1) is 8.22. The fourth-order valence-corrected chi connectivity index (χ4v) is 1.58. The number of H-pyrrole nitrogens is 1. The molecule has 0 atom stereocenters. The van der Waals surface area contributed by atoms with Crippen molar-refractivity contribution in [1.29, 1.82) is 0 Å². The normalized spacial score (nSPS) is 10.4. The van der Waals surface area contributed by atoms with Crippen molar-refractivity contribution in [1.82, 2.24) is 10.2 Å². The summed E-state index contributed by atoms with van der Waals surface area (Å²) in [6.07, 6.45) is -0.103. The highest BCUT2D eigenvalue weighted by Crippen LogP contribution is 2.05. The minimum absolute atomic E-state index is 0.103. The molecule has 1 aromatic heterocycles. The fraction of sp³-hybridized carbons (Fsp3) is 0.250. The van der Waals surface area contributed by atoms with Gasteiger partial charge in [0.2, 0.25) is 5.43 Å². The Labute approximate surface area is 97.4 Å². The molecule has 0 saturated heterocycles. The van der Waals surface area contributed by atoms with Gasteiger partial charge in [-0.2, -0.15) is 5.10 Å². The molecule has 5 heteroatoms. The highest BCUT2D eigenvalue weighted by atomic mass is 16.5. The third-order valence-corrected chi connectivity index (χ3v) is 2.36. The maximum atomic E-state index is 12.0. The Balaban J connectivity index is 2.39. The summed E-state index contributed by atoms with van der Waals surface area (Å²) in [5.41, 5.74) is 0.611. The van der Waals surface area contributed by atoms with Crippen molar-refractivity contribution in [3.05, 3.63) is 40.2 Å². The fourth-order valence-electron chi connectivity index (χ4n) is 1.58. The number of carbonyl (C=O) groups is 1. The van der Waals surface area contributed by atoms with Gasteiger partial charge in [0.15, 0.2) is 0 Å². The molecule has 1 heterocycles. The number of nitrogens with zero attached hydrogens (tertiary/aromatic N) is 1. The molecule has 0 unspecified atom stereocenters. The summed E-state index contributed by atoms with van der Waals surface area (Å²) < 4.78 is 4.78. The summed E-state index contributed by atoms with van der Waals surface area (Å²) in [6, 6.07) is 7.04. The highest BCUT2D eigenvalue weighted by Gasteiger charge is 2.11. The van der Waals surface area contributed by atoms with Gasteiger partial charge in [0.1, 0.15) is 5.69 Å². The van der Waals surface area contributed by atoms with E-state index in [0.717, 1.165) is 0 Å². The number of aromatic amines is 1. The molecule has 0 bridgehead atoms. The van der Waals surface area contributed by atoms with Crippen molar-refractivity contribution in [2.45, 2.75) is 13.3 Å². The van der Waals surface area contributed by atoms with Crippen LogP contribution in [0.1, 0.15) is 12.6 Å². The number of benzene rings is 1. The molecule has 0 aliphatic rings. The van der Waals surface area contributed by atoms with Gasteiger partial charge in [0.05, 0.1) is 18.5 Å². The molecule has 0 aliphatic heterocycles. The number of aromatic nitrogens is 2. The molecular formula is C12H12N2O3. The predicted molar refractivity (Wildman–Crippen MR) is 62.7 cm³/mol. The molecule has 1 aromatic carbocycles. The predicted octanol–water partition coefficient (Wildman–Crippen LogP) is 1.03. The molecule has 1 N–H and O–H groups in total. The first-order valence-electron chi connectivity index (χ1n) is 5.34. The number of ether oxygens (including phenoxy) is 1. The SMILES string of the molecule is CCOC(=O)Cc1n[nH]c2ccccc2c1=O. The topological polar surface area (TPSA) is 72.0 Å². The summed E-state index contributed by atoms with van der Waals surface area (Å²) in [7, 11) is 0. The van der Waals surface area contributed by atoms with Crippen LogP contribution in [0, 0.1) is 0 Å². The average molecular weight is 232 g/mol. The second kappa shape index (κ2) is 4.78. The van der Waals surface area contributed by atoms with Gasteiger partial charge < -0.3 is 4.74 Å². The molecule has 0 amide bonds. The van der Waals surface area contributed by atoms with E-state index < -0.39 is 5.97 Å². The van der Waals surface area contributed by atoms with Gasteiger partial charge in [-0.3, -0.25) is 14.7 Å². The molecule has 5 nitrogen and oxygen atoms in total. The van der Waals surface area contributed by atoms with Crippen molar-refractivity contribution in [2.24, 2.45) is 0 Å². The number of fused-ring (bicyclic) bond motifs is 1. The summed E-state index contributed by atoms with van der Waals surface area (Å²) in [6.45, 7) is 2.01. The van der Waals surface area contributed by atoms with E-state index in [1.54, 1.807) is 25.1 Å². The number of carbonyl (C=O) groups excluding carboxylic acids is 1. The summed E-state index contributed by atoms with van der Waals surface area (Å²) in [5.74, 6) is -0.444. The zero-order valence-electron chi connectivity index (χ0n) is 9.40. The lowest BCUT2D eigenvalue weighted by Gasteiger charge is -2.02. The zero-order valence-corrected chi connectivity index (χ0v) is 9.40. The van der Waals surface area contributed by atoms with Crippen molar-refractivity contribution in [3.63, 3.8) is 0 Å². The van der Waals surface area contributed by atoms with Crippen LogP contribution < -0.4 is 5.43 Å². The molecule has 0 spiro atoms. The van der Waals surface area contributed by atoms with Gasteiger partial charge >= 0.3 is 5.97 Å². The maximum Gasteiger partial charge on any atom is 0.312 e. The number of hydrogen-bond donors (Lipinski definition) is 1. The van der Waals surface area contributed by atoms with Gasteiger partial charge in [-0.05, 0) is 19.1 Å². The minimum atomic E-state index is -0.444. The Morgan fingerprint density at radius 3 is 2.94 bits per heavy atom. The third-order valence-electron chi connectivity index (χ3n) is 2.36. The average Bonchev–Trinajstić information content (AvgIpc) is 2.33. The quantitative estimate of drug-likeness (QED) is 0.802. The zero-order chi connectivity index (χ0) is 12.3. The number of esters is 1. The number of para-hydroxylation sites is 1. The molecule has 0 saturated carbocycles. The van der Waals surface area contributed by atoms with Crippen molar-refractivity contribution in [2.75, 3.05) is 6.61 Å². The minimum Gasteiger partial charge on any atom is -0.466 e. The van der Waals surface area contributed by atoms with E-state index in [1.807, 2.05) is 6.07 Å². The second-order valence-corrected chi connectivity index (χ2v) is 3.53. The first-order valence-corrected chi connectivity index (χ1v) is 5.34. The lowest BCUT2D eigenvalue weighted by Crippen LogP contribution is -2.19. The van der Waals surface area contributed by atoms with Crippen LogP contribution in [-0.2, 0) is 16.0 Å². The van der Waals surface area contributed by atoms with E-state index in [1.165, 1.54) is 0 Å². The largest absolute Gasteiger partial charge is 0.466 e. The van der Waals surface area contributed by atoms with E-state index in [2.05, 4.69) is 10.2 Å². The Morgan fingerprint density at radius 2 is 2.18 bits per heavy atom. The molecular weight excluding hydrogens is 220 g/mol. The van der Waals surface area contributed by atoms with Crippen molar-refractivity contribution in [3.8, 4) is 0 Å². The molecule has 0 aliphatic carbocycles. The molecule has 88 valence electrons. The van der Waals surface area contributed by atoms with Gasteiger partial charge in [-0.15, -0.1) is 0 Å². The molecule has 17 heavy (non-hydrogen) atoms. The van der Waals surface area contributed by atoms with Crippen LogP contribution in [0.2, 0.25) is 0 Å². The number of nitrogens with one attached hydrogen (secondary N) is 1. The summed E-state index contributed by atoms with van der Waals surface area (Å²) in [5, 5.41) is 7.17. The highest BCUT2D eigenvalue weighted by molar-refractivity contribution is 5.79. The third kappa shape index (κ3) is 2.33. The number of hydrogen-bond acceptors (Lipinski definition) is 4. The summed E-state index contributed by atoms with van der Waals surface area (Å²) >= 11 is 0. The Hall–Kier alpha value is -2.17. The van der Waals surface area contributed by atoms with Gasteiger partial charge in [0.25, 0.3) is 0 Å². The Kier molecular flexibility index (Phi) is 3.18. The van der Waals surface area contributed by atoms with Gasteiger partial charge in [-0.25, -0.2) is 0 Å². The Bertz CT molecular complexity index is 604. The van der Waals surface area contributed by atoms with Crippen LogP contribution in [-0.4, -0.2) is 22.8 Å². The maximum absolute atomic E-state index is 12.0. The lowest BCUT2D eigenvalue weighted by molar-refractivity contribution is -0.142. The van der Waals surface area contributed by atoms with Crippen LogP contribution in [0.15, 0.2) is 29.1 Å². The van der Waals surface area contributed by atoms with Crippen molar-refractivity contribution >= 4 is 16.9 Å². The molecule has 0 fully saturated rings. The van der Waals surface area contributed by atoms with Gasteiger partial charge in [-0.1, -0.05) is 12.1 Å². The van der Waals surface area contributed by atoms with Crippen LogP contribution in [0.3, 0.4) is 0 Å². The molecule has 0 radical (unpaired) electrons. The van der Waals surface area contributed by atoms with Crippen molar-refractivity contribution < 1.29 is 9.53 Å². The monoisotopic (exact) mass is 232 g/mol. The van der Waals surface area contributed by atoms with E-state index in [-0.39, 0.29) is 17.5 Å². The van der Waals surface area contributed by atoms with E-state index in [0.29, 0.717) is 17.5 Å². The van der Waals surface area contributed by atoms with E-state index in [9.17, 15) is 9.59 Å². The smallest absolute Gasteiger partial charge is 0.312 e. The Morgan fingerprint density at radius 1 is 1.41 bits per heavy atom. The van der Waals surface area contributed by atoms with Crippen LogP contribution in [0.5, 0.6) is 0 Å². The van der Waals surface area contributed by atoms with Gasteiger partial charge in [0, 0.05) is 5.39 Å². The standard InChI is InChI=1S/C12H12N2O3/c1-2-17-11(15)7-10-12(16)8-5-3-4-6-9(8)13-14-10/h3-6H,2,7H2,1H3,(H,13,16). The number of rotatable bonds is 3. The van der Waals surface area contributed by atoms with Crippen LogP contribution in [0.4, 0.5) is 0 Å². The molecule has 2 rings (SSSR count). The van der Waals surface area contributed by atoms with Crippen LogP contribution in [0.25, 0.3) is 10.9 Å². The summed E-state index contributed by atoms with van der Waals surface area (Å²) in [4.78, 5) is 23.3. The van der Waals surface area contributed by atoms with Crippen LogP contribution >= 0.6 is 0 Å². The van der Waals surface area contributed by atoms with E-state index >= 15 is 0 Å².